The summed E-state index contributed by atoms with van der Waals surface area (Å²) >= 11 is 5.99. The zero-order valence-electron chi connectivity index (χ0n) is 16.9. The lowest BCUT2D eigenvalue weighted by molar-refractivity contribution is 0.0953. The molecule has 0 saturated heterocycles. The number of rotatable bonds is 6. The number of carbonyl (C=O) groups excluding carboxylic acids is 1. The van der Waals surface area contributed by atoms with Crippen LogP contribution in [0.5, 0.6) is 5.75 Å². The summed E-state index contributed by atoms with van der Waals surface area (Å²) in [6.07, 6.45) is 1.23. The molecule has 0 radical (unpaired) electrons. The lowest BCUT2D eigenvalue weighted by Gasteiger charge is -2.23. The maximum absolute atomic E-state index is 12.8. The predicted molar refractivity (Wildman–Crippen MR) is 119 cm³/mol. The Bertz CT molecular complexity index is 1050. The molecule has 1 aromatic heterocycles. The van der Waals surface area contributed by atoms with E-state index in [9.17, 15) is 4.79 Å². The Hall–Kier alpha value is -3.12. The Morgan fingerprint density at radius 1 is 1.00 bits per heavy atom. The quantitative estimate of drug-likeness (QED) is 0.524. The molecule has 2 N–H and O–H groups in total. The number of hydrogen-bond donors (Lipinski definition) is 2. The van der Waals surface area contributed by atoms with Crippen molar-refractivity contribution in [3.8, 4) is 5.75 Å². The van der Waals surface area contributed by atoms with Gasteiger partial charge in [-0.2, -0.15) is 4.98 Å². The van der Waals surface area contributed by atoms with Gasteiger partial charge in [0.15, 0.2) is 5.78 Å². The Balaban J connectivity index is 1.68. The summed E-state index contributed by atoms with van der Waals surface area (Å²) in [6, 6.07) is 14.9. The third-order valence-corrected chi connectivity index (χ3v) is 5.12. The van der Waals surface area contributed by atoms with Gasteiger partial charge in [-0.25, -0.2) is 4.98 Å². The summed E-state index contributed by atoms with van der Waals surface area (Å²) in [5, 5.41) is 7.15. The van der Waals surface area contributed by atoms with Crippen molar-refractivity contribution in [2.75, 3.05) is 17.2 Å². The van der Waals surface area contributed by atoms with Gasteiger partial charge in [0, 0.05) is 22.8 Å². The van der Waals surface area contributed by atoms with E-state index in [1.807, 2.05) is 43.3 Å². The molecule has 1 unspecified atom stereocenters. The first-order valence-electron chi connectivity index (χ1n) is 9.98. The summed E-state index contributed by atoms with van der Waals surface area (Å²) in [7, 11) is 0. The second-order valence-electron chi connectivity index (χ2n) is 7.37. The second kappa shape index (κ2) is 8.71. The fraction of sp³-hybridized carbons (Fsp3) is 0.261. The minimum absolute atomic E-state index is 0.0628. The van der Waals surface area contributed by atoms with Gasteiger partial charge in [-0.05, 0) is 67.8 Å². The highest BCUT2D eigenvalue weighted by molar-refractivity contribution is 6.30. The van der Waals surface area contributed by atoms with E-state index >= 15 is 0 Å². The van der Waals surface area contributed by atoms with E-state index in [0.29, 0.717) is 35.4 Å². The zero-order valence-corrected chi connectivity index (χ0v) is 17.7. The van der Waals surface area contributed by atoms with Crippen molar-refractivity contribution in [3.05, 3.63) is 64.8 Å². The smallest absolute Gasteiger partial charge is 0.229 e. The van der Waals surface area contributed by atoms with Gasteiger partial charge in [-0.3, -0.25) is 4.79 Å². The van der Waals surface area contributed by atoms with Crippen LogP contribution in [0.15, 0.2) is 48.5 Å². The molecule has 0 fully saturated rings. The fourth-order valence-electron chi connectivity index (χ4n) is 3.52. The highest BCUT2D eigenvalue weighted by Gasteiger charge is 2.28. The Labute approximate surface area is 180 Å². The lowest BCUT2D eigenvalue weighted by atomic mass is 9.87. The monoisotopic (exact) mass is 422 g/mol. The highest BCUT2D eigenvalue weighted by atomic mass is 35.5. The molecular weight excluding hydrogens is 400 g/mol. The average Bonchev–Trinajstić information content (AvgIpc) is 2.71. The molecule has 4 rings (SSSR count). The first kappa shape index (κ1) is 20.2. The number of halogens is 1. The van der Waals surface area contributed by atoms with Gasteiger partial charge >= 0.3 is 0 Å². The van der Waals surface area contributed by atoms with Crippen LogP contribution in [-0.2, 0) is 6.42 Å². The molecule has 7 heteroatoms. The van der Waals surface area contributed by atoms with Crippen LogP contribution in [0.4, 0.5) is 23.1 Å². The van der Waals surface area contributed by atoms with E-state index in [1.165, 1.54) is 0 Å². The number of hydrogen-bond acceptors (Lipinski definition) is 6. The molecule has 1 heterocycles. The number of benzene rings is 2. The molecule has 0 saturated carbocycles. The molecule has 1 aliphatic carbocycles. The fourth-order valence-corrected chi connectivity index (χ4v) is 3.64. The molecule has 3 aromatic rings. The minimum atomic E-state index is 0.0628. The van der Waals surface area contributed by atoms with E-state index < -0.39 is 0 Å². The number of Topliss-reactive ketones (excluding diaryl/α,β-unsaturated/α-hetero) is 1. The van der Waals surface area contributed by atoms with Crippen LogP contribution in [0.3, 0.4) is 0 Å². The van der Waals surface area contributed by atoms with Crippen molar-refractivity contribution in [2.24, 2.45) is 5.92 Å². The molecule has 0 spiro atoms. The van der Waals surface area contributed by atoms with Gasteiger partial charge in [0.1, 0.15) is 11.6 Å². The van der Waals surface area contributed by atoms with Gasteiger partial charge in [-0.15, -0.1) is 0 Å². The number of nitrogens with zero attached hydrogens (tertiary/aromatic N) is 2. The van der Waals surface area contributed by atoms with E-state index in [1.54, 1.807) is 12.1 Å². The van der Waals surface area contributed by atoms with Crippen LogP contribution in [-0.4, -0.2) is 22.4 Å². The van der Waals surface area contributed by atoms with Crippen LogP contribution < -0.4 is 15.4 Å². The Morgan fingerprint density at radius 2 is 1.67 bits per heavy atom. The summed E-state index contributed by atoms with van der Waals surface area (Å²) in [5.41, 5.74) is 2.98. The molecular formula is C23H23ClN4O2. The average molecular weight is 423 g/mol. The largest absolute Gasteiger partial charge is 0.494 e. The molecule has 1 atom stereocenters. The second-order valence-corrected chi connectivity index (χ2v) is 7.80. The van der Waals surface area contributed by atoms with Crippen molar-refractivity contribution in [1.29, 1.82) is 0 Å². The SMILES string of the molecule is CCOc1ccc(Nc2nc3c(c(Nc4ccc(Cl)cc4)n2)C(=O)CC(C)C3)cc1. The van der Waals surface area contributed by atoms with Crippen molar-refractivity contribution >= 4 is 40.5 Å². The molecule has 0 bridgehead atoms. The molecule has 6 nitrogen and oxygen atoms in total. The van der Waals surface area contributed by atoms with Gasteiger partial charge in [-0.1, -0.05) is 18.5 Å². The number of nitrogens with one attached hydrogen (secondary N) is 2. The number of anilines is 4. The number of ketones is 1. The first-order valence-corrected chi connectivity index (χ1v) is 10.4. The third-order valence-electron chi connectivity index (χ3n) is 4.87. The van der Waals surface area contributed by atoms with Crippen molar-refractivity contribution < 1.29 is 9.53 Å². The van der Waals surface area contributed by atoms with Crippen LogP contribution in [0.2, 0.25) is 5.02 Å². The summed E-state index contributed by atoms with van der Waals surface area (Å²) in [5.74, 6) is 2.07. The Kier molecular flexibility index (Phi) is 5.86. The number of fused-ring (bicyclic) bond motifs is 1. The summed E-state index contributed by atoms with van der Waals surface area (Å²) in [6.45, 7) is 4.63. The Morgan fingerprint density at radius 3 is 2.37 bits per heavy atom. The van der Waals surface area contributed by atoms with Crippen LogP contribution in [0.25, 0.3) is 0 Å². The molecule has 0 aliphatic heterocycles. The van der Waals surface area contributed by atoms with Crippen LogP contribution in [0, 0.1) is 5.92 Å². The summed E-state index contributed by atoms with van der Waals surface area (Å²) < 4.78 is 5.49. The van der Waals surface area contributed by atoms with Gasteiger partial charge in [0.05, 0.1) is 17.9 Å². The normalized spacial score (nSPS) is 15.4. The topological polar surface area (TPSA) is 76.1 Å². The predicted octanol–water partition coefficient (Wildman–Crippen LogP) is 5.78. The molecule has 1 aliphatic rings. The minimum Gasteiger partial charge on any atom is -0.494 e. The van der Waals surface area contributed by atoms with Gasteiger partial charge in [0.25, 0.3) is 0 Å². The van der Waals surface area contributed by atoms with Crippen molar-refractivity contribution in [1.82, 2.24) is 9.97 Å². The van der Waals surface area contributed by atoms with E-state index in [4.69, 9.17) is 16.3 Å². The van der Waals surface area contributed by atoms with E-state index in [-0.39, 0.29) is 11.7 Å². The number of carbonyl (C=O) groups is 1. The zero-order chi connectivity index (χ0) is 21.1. The van der Waals surface area contributed by atoms with Gasteiger partial charge < -0.3 is 15.4 Å². The van der Waals surface area contributed by atoms with Crippen molar-refractivity contribution in [3.63, 3.8) is 0 Å². The maximum Gasteiger partial charge on any atom is 0.229 e. The van der Waals surface area contributed by atoms with E-state index in [2.05, 4.69) is 27.5 Å². The molecule has 0 amide bonds. The summed E-state index contributed by atoms with van der Waals surface area (Å²) in [4.78, 5) is 22.0. The van der Waals surface area contributed by atoms with Crippen molar-refractivity contribution in [2.45, 2.75) is 26.7 Å². The van der Waals surface area contributed by atoms with Gasteiger partial charge in [0.2, 0.25) is 5.95 Å². The molecule has 30 heavy (non-hydrogen) atoms. The molecule has 154 valence electrons. The third kappa shape index (κ3) is 4.54. The molecule has 2 aromatic carbocycles. The van der Waals surface area contributed by atoms with Crippen LogP contribution in [0.1, 0.15) is 36.3 Å². The maximum atomic E-state index is 12.8. The highest BCUT2D eigenvalue weighted by Crippen LogP contribution is 2.32. The lowest BCUT2D eigenvalue weighted by Crippen LogP contribution is -2.22. The number of aromatic nitrogens is 2. The number of ether oxygens (including phenoxy) is 1. The first-order chi connectivity index (χ1) is 14.5. The van der Waals surface area contributed by atoms with Crippen LogP contribution >= 0.6 is 11.6 Å². The standard InChI is InChI=1S/C23H23ClN4O2/c1-3-30-18-10-8-17(9-11-18)26-23-27-19-12-14(2)13-20(29)21(19)22(28-23)25-16-6-4-15(24)5-7-16/h4-11,14H,3,12-13H2,1-2H3,(H2,25,26,27,28). The van der Waals surface area contributed by atoms with E-state index in [0.717, 1.165) is 29.2 Å².